The second kappa shape index (κ2) is 8.92. The third kappa shape index (κ3) is 3.78. The number of nitrogens with one attached hydrogen (secondary N) is 1. The van der Waals surface area contributed by atoms with Gasteiger partial charge < -0.3 is 24.4 Å². The van der Waals surface area contributed by atoms with Gasteiger partial charge in [-0.05, 0) is 41.3 Å². The highest BCUT2D eigenvalue weighted by Gasteiger charge is 2.44. The zero-order valence-electron chi connectivity index (χ0n) is 18.2. The van der Waals surface area contributed by atoms with Gasteiger partial charge in [-0.3, -0.25) is 9.59 Å². The molecule has 1 aliphatic rings. The maximum atomic E-state index is 13.7. The largest absolute Gasteiger partial charge is 0.497 e. The van der Waals surface area contributed by atoms with E-state index in [1.807, 2.05) is 29.6 Å². The van der Waals surface area contributed by atoms with Gasteiger partial charge in [-0.1, -0.05) is 12.1 Å². The highest BCUT2D eigenvalue weighted by molar-refractivity contribution is 7.10. The number of benzene rings is 2. The Hall–Kier alpha value is -3.52. The molecular weight excluding hydrogens is 428 g/mol. The van der Waals surface area contributed by atoms with Crippen LogP contribution in [0.1, 0.15) is 32.8 Å². The average molecular weight is 453 g/mol. The third-order valence-corrected chi connectivity index (χ3v) is 6.57. The molecule has 0 fully saturated rings. The zero-order chi connectivity index (χ0) is 22.8. The molecule has 0 saturated carbocycles. The Morgan fingerprint density at radius 1 is 1.00 bits per heavy atom. The number of likely N-dealkylation sites (N-methyl/N-ethyl adjacent to an activating group) is 1. The van der Waals surface area contributed by atoms with Crippen molar-refractivity contribution >= 4 is 28.8 Å². The van der Waals surface area contributed by atoms with Crippen molar-refractivity contribution in [3.05, 3.63) is 69.9 Å². The topological polar surface area (TPSA) is 77.1 Å². The van der Waals surface area contributed by atoms with E-state index in [0.29, 0.717) is 34.1 Å². The zero-order valence-corrected chi connectivity index (χ0v) is 19.1. The minimum Gasteiger partial charge on any atom is -0.497 e. The van der Waals surface area contributed by atoms with E-state index < -0.39 is 12.0 Å². The lowest BCUT2D eigenvalue weighted by atomic mass is 9.81. The van der Waals surface area contributed by atoms with Crippen molar-refractivity contribution in [2.75, 3.05) is 33.7 Å². The van der Waals surface area contributed by atoms with E-state index in [0.717, 1.165) is 4.88 Å². The van der Waals surface area contributed by atoms with E-state index in [1.54, 1.807) is 43.3 Å². The Morgan fingerprint density at radius 3 is 2.41 bits per heavy atom. The summed E-state index contributed by atoms with van der Waals surface area (Å²) in [6.07, 6.45) is 0. The number of methoxy groups -OCH3 is 3. The Labute approximate surface area is 190 Å². The Morgan fingerprint density at radius 2 is 1.75 bits per heavy atom. The molecule has 0 spiro atoms. The summed E-state index contributed by atoms with van der Waals surface area (Å²) in [5.74, 6) is 0.481. The van der Waals surface area contributed by atoms with Crippen molar-refractivity contribution in [3.8, 4) is 17.2 Å². The van der Waals surface area contributed by atoms with E-state index in [9.17, 15) is 9.59 Å². The van der Waals surface area contributed by atoms with E-state index >= 15 is 0 Å². The van der Waals surface area contributed by atoms with Crippen LogP contribution in [0.4, 0.5) is 5.69 Å². The second-order valence-electron chi connectivity index (χ2n) is 7.37. The molecule has 1 N–H and O–H groups in total. The van der Waals surface area contributed by atoms with Gasteiger partial charge in [0.2, 0.25) is 5.91 Å². The molecule has 7 nitrogen and oxygen atoms in total. The molecule has 2 aromatic carbocycles. The lowest BCUT2D eigenvalue weighted by Crippen LogP contribution is -2.43. The van der Waals surface area contributed by atoms with E-state index in [2.05, 4.69) is 5.32 Å². The van der Waals surface area contributed by atoms with Crippen molar-refractivity contribution in [2.45, 2.75) is 12.0 Å². The lowest BCUT2D eigenvalue weighted by molar-refractivity contribution is -0.119. The fourth-order valence-corrected chi connectivity index (χ4v) is 4.97. The maximum Gasteiger partial charge on any atom is 0.254 e. The van der Waals surface area contributed by atoms with Gasteiger partial charge in [0.1, 0.15) is 5.75 Å². The SMILES string of the molecule is COc1cccc(NC(=O)[C@@H]2c3cc(OC)c(OC)cc3C(=O)N(C)[C@H]2c2cccs2)c1. The summed E-state index contributed by atoms with van der Waals surface area (Å²) in [7, 11) is 6.34. The molecule has 0 aliphatic carbocycles. The molecule has 4 rings (SSSR count). The molecule has 0 radical (unpaired) electrons. The van der Waals surface area contributed by atoms with E-state index in [-0.39, 0.29) is 11.8 Å². The van der Waals surface area contributed by atoms with Gasteiger partial charge in [0, 0.05) is 29.2 Å². The number of nitrogens with zero attached hydrogens (tertiary/aromatic N) is 1. The number of rotatable bonds is 6. The van der Waals surface area contributed by atoms with Gasteiger partial charge in [-0.15, -0.1) is 11.3 Å². The smallest absolute Gasteiger partial charge is 0.254 e. The van der Waals surface area contributed by atoms with Crippen LogP contribution in [-0.4, -0.2) is 45.1 Å². The van der Waals surface area contributed by atoms with Crippen LogP contribution in [0.2, 0.25) is 0 Å². The van der Waals surface area contributed by atoms with Crippen molar-refractivity contribution in [1.82, 2.24) is 4.90 Å². The first kappa shape index (κ1) is 21.7. The van der Waals surface area contributed by atoms with Crippen molar-refractivity contribution < 1.29 is 23.8 Å². The minimum atomic E-state index is -0.655. The summed E-state index contributed by atoms with van der Waals surface area (Å²) in [6.45, 7) is 0. The number of thiophene rings is 1. The molecule has 8 heteroatoms. The van der Waals surface area contributed by atoms with Crippen LogP contribution in [0.3, 0.4) is 0 Å². The number of hydrogen-bond donors (Lipinski definition) is 1. The molecule has 32 heavy (non-hydrogen) atoms. The molecule has 1 aromatic heterocycles. The predicted octanol–water partition coefficient (Wildman–Crippen LogP) is 4.32. The molecule has 166 valence electrons. The van der Waals surface area contributed by atoms with E-state index in [1.165, 1.54) is 25.6 Å². The quantitative estimate of drug-likeness (QED) is 0.603. The van der Waals surface area contributed by atoms with Gasteiger partial charge in [-0.25, -0.2) is 0 Å². The van der Waals surface area contributed by atoms with Crippen LogP contribution in [0, 0.1) is 0 Å². The summed E-state index contributed by atoms with van der Waals surface area (Å²) in [5, 5.41) is 4.94. The lowest BCUT2D eigenvalue weighted by Gasteiger charge is -2.39. The second-order valence-corrected chi connectivity index (χ2v) is 8.35. The molecule has 0 unspecified atom stereocenters. The normalized spacial score (nSPS) is 17.5. The molecule has 3 aromatic rings. The van der Waals surface area contributed by atoms with Crippen molar-refractivity contribution in [1.29, 1.82) is 0 Å². The maximum absolute atomic E-state index is 13.7. The summed E-state index contributed by atoms with van der Waals surface area (Å²) in [5.41, 5.74) is 1.63. The van der Waals surface area contributed by atoms with Gasteiger partial charge in [0.15, 0.2) is 11.5 Å². The van der Waals surface area contributed by atoms with Crippen LogP contribution < -0.4 is 19.5 Å². The molecule has 2 heterocycles. The Kier molecular flexibility index (Phi) is 6.05. The molecule has 2 amide bonds. The highest BCUT2D eigenvalue weighted by Crippen LogP contribution is 2.46. The summed E-state index contributed by atoms with van der Waals surface area (Å²) >= 11 is 1.51. The van der Waals surface area contributed by atoms with E-state index in [4.69, 9.17) is 14.2 Å². The molecule has 2 atom stereocenters. The van der Waals surface area contributed by atoms with Crippen LogP contribution in [0.25, 0.3) is 0 Å². The Bertz CT molecular complexity index is 1150. The van der Waals surface area contributed by atoms with Gasteiger partial charge >= 0.3 is 0 Å². The van der Waals surface area contributed by atoms with Crippen molar-refractivity contribution in [3.63, 3.8) is 0 Å². The Balaban J connectivity index is 1.84. The molecule has 1 aliphatic heterocycles. The summed E-state index contributed by atoms with van der Waals surface area (Å²) in [4.78, 5) is 29.5. The molecular formula is C24H24N2O5S. The minimum absolute atomic E-state index is 0.176. The number of carbonyl (C=O) groups excluding carboxylic acids is 2. The predicted molar refractivity (Wildman–Crippen MR) is 123 cm³/mol. The van der Waals surface area contributed by atoms with Crippen molar-refractivity contribution in [2.24, 2.45) is 0 Å². The fourth-order valence-electron chi connectivity index (χ4n) is 4.07. The number of ether oxygens (including phenoxy) is 3. The van der Waals surface area contributed by atoms with Crippen LogP contribution in [0.15, 0.2) is 53.9 Å². The fraction of sp³-hybridized carbons (Fsp3) is 0.250. The first-order valence-electron chi connectivity index (χ1n) is 9.99. The highest BCUT2D eigenvalue weighted by atomic mass is 32.1. The first-order chi connectivity index (χ1) is 15.5. The van der Waals surface area contributed by atoms with Gasteiger partial charge in [-0.2, -0.15) is 0 Å². The standard InChI is InChI=1S/C24H24N2O5S/c1-26-22(20-9-6-10-32-20)21(23(27)25-14-7-5-8-15(11-14)29-2)16-12-18(30-3)19(31-4)13-17(16)24(26)28/h5-13,21-22H,1-4H3,(H,25,27)/t21-,22+/m1/s1. The van der Waals surface area contributed by atoms with Gasteiger partial charge in [0.25, 0.3) is 5.91 Å². The molecule has 0 bridgehead atoms. The monoisotopic (exact) mass is 452 g/mol. The first-order valence-corrected chi connectivity index (χ1v) is 10.9. The molecule has 0 saturated heterocycles. The summed E-state index contributed by atoms with van der Waals surface area (Å²) < 4.78 is 16.1. The number of carbonyl (C=O) groups is 2. The van der Waals surface area contributed by atoms with Crippen LogP contribution in [-0.2, 0) is 4.79 Å². The number of hydrogen-bond acceptors (Lipinski definition) is 6. The number of amides is 2. The van der Waals surface area contributed by atoms with Crippen LogP contribution >= 0.6 is 11.3 Å². The average Bonchev–Trinajstić information content (AvgIpc) is 3.34. The van der Waals surface area contributed by atoms with Gasteiger partial charge in [0.05, 0.1) is 33.3 Å². The summed E-state index contributed by atoms with van der Waals surface area (Å²) in [6, 6.07) is 13.9. The number of fused-ring (bicyclic) bond motifs is 1. The number of anilines is 1. The van der Waals surface area contributed by atoms with Crippen LogP contribution in [0.5, 0.6) is 17.2 Å². The third-order valence-electron chi connectivity index (χ3n) is 5.63.